The van der Waals surface area contributed by atoms with E-state index < -0.39 is 11.1 Å². The molecule has 0 spiro atoms. The van der Waals surface area contributed by atoms with Crippen molar-refractivity contribution >= 4 is 23.1 Å². The van der Waals surface area contributed by atoms with Crippen LogP contribution in [0.4, 0.5) is 17.2 Å². The van der Waals surface area contributed by atoms with Gasteiger partial charge in [0.1, 0.15) is 22.7 Å². The van der Waals surface area contributed by atoms with Crippen LogP contribution in [0.2, 0.25) is 0 Å². The first-order valence-corrected chi connectivity index (χ1v) is 17.6. The average molecular weight is 663 g/mol. The van der Waals surface area contributed by atoms with Crippen molar-refractivity contribution < 1.29 is 9.47 Å². The molecule has 6 heteroatoms. The van der Waals surface area contributed by atoms with Crippen LogP contribution in [0.15, 0.2) is 90.2 Å². The van der Waals surface area contributed by atoms with E-state index in [2.05, 4.69) is 128 Å². The van der Waals surface area contributed by atoms with Crippen LogP contribution >= 0.6 is 0 Å². The van der Waals surface area contributed by atoms with Gasteiger partial charge >= 0.3 is 0 Å². The van der Waals surface area contributed by atoms with Crippen molar-refractivity contribution in [2.75, 3.05) is 4.90 Å². The lowest BCUT2D eigenvalue weighted by molar-refractivity contribution is 0.0475. The van der Waals surface area contributed by atoms with Crippen LogP contribution < -0.4 is 9.64 Å². The molecule has 254 valence electrons. The molecular weight excluding hydrogens is 617 g/mol. The quantitative estimate of drug-likeness (QED) is 0.192. The second-order valence-electron chi connectivity index (χ2n) is 16.3. The third-order valence-corrected chi connectivity index (χ3v) is 11.5. The summed E-state index contributed by atoms with van der Waals surface area (Å²) in [4.78, 5) is 17.1. The lowest BCUT2D eigenvalue weighted by Gasteiger charge is -2.41. The van der Waals surface area contributed by atoms with Gasteiger partial charge in [-0.2, -0.15) is 0 Å². The van der Waals surface area contributed by atoms with Gasteiger partial charge in [-0.05, 0) is 109 Å². The molecule has 0 bridgehead atoms. The highest BCUT2D eigenvalue weighted by Gasteiger charge is 2.59. The topological polar surface area (TPSA) is 59.8 Å². The normalized spacial score (nSPS) is 21.5. The Bertz CT molecular complexity index is 2250. The summed E-state index contributed by atoms with van der Waals surface area (Å²) >= 11 is 0. The van der Waals surface area contributed by atoms with Crippen LogP contribution in [0.5, 0.6) is 11.6 Å². The molecule has 0 unspecified atom stereocenters. The molecule has 3 aliphatic rings. The number of ether oxygens (including phenoxy) is 2. The summed E-state index contributed by atoms with van der Waals surface area (Å²) < 4.78 is 13.3. The van der Waals surface area contributed by atoms with Gasteiger partial charge in [0.25, 0.3) is 0 Å². The van der Waals surface area contributed by atoms with Crippen molar-refractivity contribution in [3.63, 3.8) is 0 Å². The van der Waals surface area contributed by atoms with Gasteiger partial charge in [-0.3, -0.25) is 4.90 Å². The first-order chi connectivity index (χ1) is 23.6. The standard InChI is InChI=1S/C44H46N4O2/c1-26-20-31(48-37-16-14-30(41(4,5)6)23-36(37)42(7,8)35-12-11-18-46-39(35)48)24-32(21-26)49-38-22-29(17-19-45-38)40-47-44(10)34-15-13-27(2)28(3)33(34)25-43(44,9)50-40/h11-24H,25H2,1-10H3/t43-,44+/m0/s1. The zero-order chi connectivity index (χ0) is 35.4. The first-order valence-electron chi connectivity index (χ1n) is 17.6. The zero-order valence-corrected chi connectivity index (χ0v) is 30.9. The minimum Gasteiger partial charge on any atom is -0.468 e. The van der Waals surface area contributed by atoms with Crippen LogP contribution in [-0.4, -0.2) is 21.5 Å². The summed E-state index contributed by atoms with van der Waals surface area (Å²) in [6, 6.07) is 25.8. The maximum absolute atomic E-state index is 6.73. The van der Waals surface area contributed by atoms with Gasteiger partial charge in [-0.15, -0.1) is 0 Å². The molecule has 0 saturated heterocycles. The SMILES string of the molecule is Cc1cc(Oc2cc(C3=N[C@]4(C)c5ccc(C)c(C)c5C[C@]4(C)O3)ccn2)cc(N2c3ccc(C(C)(C)C)cc3C(C)(C)c3cccnc32)c1. The number of fused-ring (bicyclic) bond motifs is 5. The molecule has 8 rings (SSSR count). The summed E-state index contributed by atoms with van der Waals surface area (Å²) in [6.45, 7) is 22.3. The minimum atomic E-state index is -0.469. The van der Waals surface area contributed by atoms with Crippen molar-refractivity contribution in [1.29, 1.82) is 0 Å². The Hall–Kier alpha value is -4.97. The summed E-state index contributed by atoms with van der Waals surface area (Å²) in [5.74, 6) is 2.74. The smallest absolute Gasteiger partial charge is 0.219 e. The Kier molecular flexibility index (Phi) is 6.94. The maximum Gasteiger partial charge on any atom is 0.219 e. The average Bonchev–Trinajstić information content (AvgIpc) is 3.45. The number of hydrogen-bond acceptors (Lipinski definition) is 6. The summed E-state index contributed by atoms with van der Waals surface area (Å²) in [7, 11) is 0. The molecule has 2 atom stereocenters. The van der Waals surface area contributed by atoms with E-state index in [-0.39, 0.29) is 10.8 Å². The number of hydrogen-bond donors (Lipinski definition) is 0. The Labute approximate surface area is 296 Å². The molecule has 50 heavy (non-hydrogen) atoms. The molecule has 0 saturated carbocycles. The van der Waals surface area contributed by atoms with E-state index in [9.17, 15) is 0 Å². The first kappa shape index (κ1) is 32.2. The van der Waals surface area contributed by atoms with Crippen molar-refractivity contribution in [3.8, 4) is 11.6 Å². The molecule has 2 aromatic heterocycles. The van der Waals surface area contributed by atoms with E-state index in [0.29, 0.717) is 17.5 Å². The Morgan fingerprint density at radius 1 is 0.800 bits per heavy atom. The van der Waals surface area contributed by atoms with E-state index in [4.69, 9.17) is 19.5 Å². The predicted molar refractivity (Wildman–Crippen MR) is 202 cm³/mol. The fourth-order valence-corrected chi connectivity index (χ4v) is 8.15. The van der Waals surface area contributed by atoms with Crippen molar-refractivity contribution in [3.05, 3.63) is 135 Å². The molecule has 0 amide bonds. The number of pyridine rings is 2. The molecule has 4 heterocycles. The van der Waals surface area contributed by atoms with Gasteiger partial charge in [0.15, 0.2) is 0 Å². The number of aromatic nitrogens is 2. The fourth-order valence-electron chi connectivity index (χ4n) is 8.15. The lowest BCUT2D eigenvalue weighted by atomic mass is 9.72. The van der Waals surface area contributed by atoms with E-state index in [1.165, 1.54) is 38.9 Å². The number of benzene rings is 3. The van der Waals surface area contributed by atoms with Gasteiger partial charge < -0.3 is 9.47 Å². The van der Waals surface area contributed by atoms with Crippen LogP contribution in [-0.2, 0) is 27.5 Å². The molecule has 0 fully saturated rings. The Morgan fingerprint density at radius 2 is 1.60 bits per heavy atom. The van der Waals surface area contributed by atoms with Crippen LogP contribution in [0.3, 0.4) is 0 Å². The molecule has 0 N–H and O–H groups in total. The van der Waals surface area contributed by atoms with Crippen LogP contribution in [0.1, 0.15) is 98.5 Å². The van der Waals surface area contributed by atoms with Crippen molar-refractivity contribution in [2.45, 2.75) is 97.6 Å². The third kappa shape index (κ3) is 4.79. The van der Waals surface area contributed by atoms with E-state index >= 15 is 0 Å². The molecule has 6 nitrogen and oxygen atoms in total. The van der Waals surface area contributed by atoms with Gasteiger partial charge in [-0.25, -0.2) is 15.0 Å². The minimum absolute atomic E-state index is 0.0308. The molecule has 5 aromatic rings. The number of aliphatic imine (C=N–C) groups is 1. The molecule has 3 aromatic carbocycles. The van der Waals surface area contributed by atoms with E-state index in [1.807, 2.05) is 30.5 Å². The molecule has 1 aliphatic carbocycles. The van der Waals surface area contributed by atoms with Crippen molar-refractivity contribution in [1.82, 2.24) is 9.97 Å². The van der Waals surface area contributed by atoms with Gasteiger partial charge in [0, 0.05) is 47.5 Å². The van der Waals surface area contributed by atoms with E-state index in [0.717, 1.165) is 34.7 Å². The van der Waals surface area contributed by atoms with Gasteiger partial charge in [-0.1, -0.05) is 65.0 Å². The highest BCUT2D eigenvalue weighted by atomic mass is 16.5. The third-order valence-electron chi connectivity index (χ3n) is 11.5. The number of nitrogens with zero attached hydrogens (tertiary/aromatic N) is 4. The van der Waals surface area contributed by atoms with Gasteiger partial charge in [0.05, 0.1) is 11.4 Å². The van der Waals surface area contributed by atoms with Crippen LogP contribution in [0, 0.1) is 20.8 Å². The molecular formula is C44H46N4O2. The lowest BCUT2D eigenvalue weighted by Crippen LogP contribution is -2.41. The number of aryl methyl sites for hydroxylation is 2. The number of anilines is 3. The monoisotopic (exact) mass is 662 g/mol. The summed E-state index contributed by atoms with van der Waals surface area (Å²) in [6.07, 6.45) is 4.47. The predicted octanol–water partition coefficient (Wildman–Crippen LogP) is 10.6. The maximum atomic E-state index is 6.73. The van der Waals surface area contributed by atoms with Gasteiger partial charge in [0.2, 0.25) is 11.8 Å². The van der Waals surface area contributed by atoms with E-state index in [1.54, 1.807) is 6.20 Å². The fraction of sp³-hybridized carbons (Fsp3) is 0.341. The summed E-state index contributed by atoms with van der Waals surface area (Å²) in [5.41, 5.74) is 12.0. The Balaban J connectivity index is 1.15. The Morgan fingerprint density at radius 3 is 2.38 bits per heavy atom. The largest absolute Gasteiger partial charge is 0.468 e. The second kappa shape index (κ2) is 10.8. The molecule has 0 radical (unpaired) electrons. The van der Waals surface area contributed by atoms with Crippen LogP contribution in [0.25, 0.3) is 0 Å². The second-order valence-corrected chi connectivity index (χ2v) is 16.3. The number of rotatable bonds is 4. The zero-order valence-electron chi connectivity index (χ0n) is 30.9. The molecule has 2 aliphatic heterocycles. The highest BCUT2D eigenvalue weighted by molar-refractivity contribution is 5.97. The highest BCUT2D eigenvalue weighted by Crippen LogP contribution is 2.55. The summed E-state index contributed by atoms with van der Waals surface area (Å²) in [5, 5.41) is 0. The van der Waals surface area contributed by atoms with Crippen molar-refractivity contribution in [2.24, 2.45) is 4.99 Å².